The van der Waals surface area contributed by atoms with Gasteiger partial charge >= 0.3 is 0 Å². The van der Waals surface area contributed by atoms with Crippen LogP contribution in [0.2, 0.25) is 0 Å². The first kappa shape index (κ1) is 12.4. The molecule has 1 N–H and O–H groups in total. The average molecular weight is 219 g/mol. The zero-order chi connectivity index (χ0) is 12.0. The number of hydrogen-bond acceptors (Lipinski definition) is 2. The van der Waals surface area contributed by atoms with Crippen LogP contribution in [-0.4, -0.2) is 12.2 Å². The molecule has 0 fully saturated rings. The lowest BCUT2D eigenvalue weighted by Gasteiger charge is -2.06. The Morgan fingerprint density at radius 2 is 1.94 bits per heavy atom. The fourth-order valence-electron chi connectivity index (χ4n) is 1.29. The van der Waals surface area contributed by atoms with E-state index in [-0.39, 0.29) is 5.91 Å². The number of hydrogen-bond donors (Lipinski definition) is 1. The van der Waals surface area contributed by atoms with E-state index in [0.29, 0.717) is 17.9 Å². The van der Waals surface area contributed by atoms with Crippen molar-refractivity contribution in [1.82, 2.24) is 0 Å². The summed E-state index contributed by atoms with van der Waals surface area (Å²) < 4.78 is 0. The van der Waals surface area contributed by atoms with Crippen LogP contribution >= 0.6 is 0 Å². The Kier molecular flexibility index (Phi) is 4.70. The van der Waals surface area contributed by atoms with Crippen LogP contribution in [-0.2, 0) is 4.79 Å². The molecule has 0 heterocycles. The monoisotopic (exact) mass is 219 g/mol. The number of nitrogens with one attached hydrogen (secondary N) is 1. The Labute approximate surface area is 95.9 Å². The molecule has 0 bridgehead atoms. The predicted molar refractivity (Wildman–Crippen MR) is 64.5 cm³/mol. The third-order valence-electron chi connectivity index (χ3n) is 2.28. The second-order valence-corrected chi connectivity index (χ2v) is 4.22. The van der Waals surface area contributed by atoms with Gasteiger partial charge in [0.05, 0.1) is 0 Å². The maximum atomic E-state index is 11.5. The first-order valence-corrected chi connectivity index (χ1v) is 5.47. The van der Waals surface area contributed by atoms with Gasteiger partial charge < -0.3 is 5.32 Å². The molecule has 16 heavy (non-hydrogen) atoms. The van der Waals surface area contributed by atoms with Crippen LogP contribution in [0.4, 0.5) is 5.69 Å². The lowest BCUT2D eigenvalue weighted by Crippen LogP contribution is -2.12. The highest BCUT2D eigenvalue weighted by atomic mass is 16.1. The fourth-order valence-corrected chi connectivity index (χ4v) is 1.29. The van der Waals surface area contributed by atoms with Gasteiger partial charge in [0, 0.05) is 17.7 Å². The summed E-state index contributed by atoms with van der Waals surface area (Å²) in [5, 5.41) is 2.79. The largest absolute Gasteiger partial charge is 0.326 e. The maximum Gasteiger partial charge on any atom is 0.224 e. The maximum absolute atomic E-state index is 11.5. The van der Waals surface area contributed by atoms with Crippen LogP contribution in [0.1, 0.15) is 37.0 Å². The fraction of sp³-hybridized carbons (Fsp3) is 0.385. The minimum absolute atomic E-state index is 0.0209. The molecular formula is C13H17NO2. The number of aldehydes is 1. The Bertz CT molecular complexity index is 355. The topological polar surface area (TPSA) is 46.2 Å². The second kappa shape index (κ2) is 6.05. The summed E-state index contributed by atoms with van der Waals surface area (Å²) in [4.78, 5) is 21.9. The van der Waals surface area contributed by atoms with E-state index >= 15 is 0 Å². The first-order valence-electron chi connectivity index (χ1n) is 5.47. The molecule has 0 saturated heterocycles. The second-order valence-electron chi connectivity index (χ2n) is 4.22. The van der Waals surface area contributed by atoms with Crippen LogP contribution in [0.5, 0.6) is 0 Å². The molecule has 0 unspecified atom stereocenters. The Morgan fingerprint density at radius 3 is 2.44 bits per heavy atom. The molecule has 1 amide bonds. The molecule has 0 aromatic heterocycles. The van der Waals surface area contributed by atoms with Crippen molar-refractivity contribution in [3.05, 3.63) is 29.8 Å². The molecule has 0 radical (unpaired) electrons. The third-order valence-corrected chi connectivity index (χ3v) is 2.28. The van der Waals surface area contributed by atoms with E-state index in [4.69, 9.17) is 0 Å². The van der Waals surface area contributed by atoms with Gasteiger partial charge in [0.15, 0.2) is 0 Å². The molecule has 0 saturated carbocycles. The lowest BCUT2D eigenvalue weighted by molar-refractivity contribution is -0.116. The molecular weight excluding hydrogens is 202 g/mol. The van der Waals surface area contributed by atoms with E-state index in [0.717, 1.165) is 18.4 Å². The normalized spacial score (nSPS) is 10.2. The summed E-state index contributed by atoms with van der Waals surface area (Å²) in [5.74, 6) is 0.552. The van der Waals surface area contributed by atoms with Crippen LogP contribution in [0.15, 0.2) is 24.3 Å². The number of carbonyl (C=O) groups is 2. The van der Waals surface area contributed by atoms with Crippen molar-refractivity contribution in [2.24, 2.45) is 5.92 Å². The van der Waals surface area contributed by atoms with Crippen molar-refractivity contribution in [3.8, 4) is 0 Å². The van der Waals surface area contributed by atoms with Crippen LogP contribution in [0, 0.1) is 5.92 Å². The van der Waals surface area contributed by atoms with Crippen molar-refractivity contribution >= 4 is 17.9 Å². The van der Waals surface area contributed by atoms with Crippen LogP contribution in [0.25, 0.3) is 0 Å². The molecule has 1 aromatic rings. The van der Waals surface area contributed by atoms with E-state index in [9.17, 15) is 9.59 Å². The molecule has 86 valence electrons. The molecule has 3 heteroatoms. The van der Waals surface area contributed by atoms with Crippen LogP contribution in [0.3, 0.4) is 0 Å². The molecule has 0 atom stereocenters. The van der Waals surface area contributed by atoms with Gasteiger partial charge in [0.1, 0.15) is 6.29 Å². The molecule has 1 aromatic carbocycles. The predicted octanol–water partition coefficient (Wildman–Crippen LogP) is 2.87. The minimum atomic E-state index is 0.0209. The summed E-state index contributed by atoms with van der Waals surface area (Å²) in [5.41, 5.74) is 1.35. The number of carbonyl (C=O) groups excluding carboxylic acids is 2. The van der Waals surface area contributed by atoms with E-state index in [2.05, 4.69) is 19.2 Å². The summed E-state index contributed by atoms with van der Waals surface area (Å²) in [6.45, 7) is 4.18. The zero-order valence-corrected chi connectivity index (χ0v) is 9.69. The number of benzene rings is 1. The van der Waals surface area contributed by atoms with E-state index in [1.807, 2.05) is 0 Å². The van der Waals surface area contributed by atoms with Crippen LogP contribution < -0.4 is 5.32 Å². The lowest BCUT2D eigenvalue weighted by atomic mass is 10.1. The third kappa shape index (κ3) is 4.26. The van der Waals surface area contributed by atoms with Gasteiger partial charge in [-0.05, 0) is 36.6 Å². The summed E-state index contributed by atoms with van der Waals surface area (Å²) in [6.07, 6.45) is 2.20. The van der Waals surface area contributed by atoms with Gasteiger partial charge in [-0.15, -0.1) is 0 Å². The molecule has 0 aliphatic carbocycles. The minimum Gasteiger partial charge on any atom is -0.326 e. The van der Waals surface area contributed by atoms with Crippen molar-refractivity contribution in [2.75, 3.05) is 5.32 Å². The van der Waals surface area contributed by atoms with Gasteiger partial charge in [0.25, 0.3) is 0 Å². The van der Waals surface area contributed by atoms with Crippen molar-refractivity contribution in [3.63, 3.8) is 0 Å². The highest BCUT2D eigenvalue weighted by molar-refractivity contribution is 5.91. The SMILES string of the molecule is CC(C)CCC(=O)Nc1ccc(C=O)cc1. The molecule has 1 rings (SSSR count). The van der Waals surface area contributed by atoms with Gasteiger partial charge in [0.2, 0.25) is 5.91 Å². The zero-order valence-electron chi connectivity index (χ0n) is 9.69. The van der Waals surface area contributed by atoms with Crippen molar-refractivity contribution < 1.29 is 9.59 Å². The number of anilines is 1. The highest BCUT2D eigenvalue weighted by Gasteiger charge is 2.03. The molecule has 0 spiro atoms. The van der Waals surface area contributed by atoms with E-state index in [1.165, 1.54) is 0 Å². The summed E-state index contributed by atoms with van der Waals surface area (Å²) in [7, 11) is 0. The Hall–Kier alpha value is -1.64. The smallest absolute Gasteiger partial charge is 0.224 e. The average Bonchev–Trinajstić information content (AvgIpc) is 2.27. The van der Waals surface area contributed by atoms with Gasteiger partial charge in [-0.1, -0.05) is 13.8 Å². The van der Waals surface area contributed by atoms with Gasteiger partial charge in [-0.25, -0.2) is 0 Å². The Morgan fingerprint density at radius 1 is 1.31 bits per heavy atom. The van der Waals surface area contributed by atoms with Gasteiger partial charge in [-0.2, -0.15) is 0 Å². The number of rotatable bonds is 5. The van der Waals surface area contributed by atoms with E-state index < -0.39 is 0 Å². The van der Waals surface area contributed by atoms with Crippen molar-refractivity contribution in [1.29, 1.82) is 0 Å². The first-order chi connectivity index (χ1) is 7.61. The summed E-state index contributed by atoms with van der Waals surface area (Å²) in [6, 6.07) is 6.84. The number of amides is 1. The Balaban J connectivity index is 2.46. The molecule has 0 aliphatic heterocycles. The molecule has 0 aliphatic rings. The molecule has 3 nitrogen and oxygen atoms in total. The van der Waals surface area contributed by atoms with Crippen molar-refractivity contribution in [2.45, 2.75) is 26.7 Å². The highest BCUT2D eigenvalue weighted by Crippen LogP contribution is 2.10. The van der Waals surface area contributed by atoms with E-state index in [1.54, 1.807) is 24.3 Å². The quantitative estimate of drug-likeness (QED) is 0.774. The summed E-state index contributed by atoms with van der Waals surface area (Å²) >= 11 is 0. The van der Waals surface area contributed by atoms with Gasteiger partial charge in [-0.3, -0.25) is 9.59 Å². The standard InChI is InChI=1S/C13H17NO2/c1-10(2)3-8-13(16)14-12-6-4-11(9-15)5-7-12/h4-7,9-10H,3,8H2,1-2H3,(H,14,16).